The van der Waals surface area contributed by atoms with Crippen molar-refractivity contribution in [3.63, 3.8) is 0 Å². The summed E-state index contributed by atoms with van der Waals surface area (Å²) >= 11 is 0. The molecule has 0 radical (unpaired) electrons. The second-order valence-corrected chi connectivity index (χ2v) is 4.34. The summed E-state index contributed by atoms with van der Waals surface area (Å²) in [6, 6.07) is 7.74. The van der Waals surface area contributed by atoms with E-state index in [1.165, 1.54) is 0 Å². The van der Waals surface area contributed by atoms with Crippen LogP contribution in [0, 0.1) is 6.92 Å². The quantitative estimate of drug-likeness (QED) is 0.770. The van der Waals surface area contributed by atoms with E-state index in [-0.39, 0.29) is 5.91 Å². The Morgan fingerprint density at radius 1 is 1.37 bits per heavy atom. The monoisotopic (exact) mass is 258 g/mol. The molecule has 1 aromatic heterocycles. The molecule has 100 valence electrons. The Balaban J connectivity index is 1.69. The fourth-order valence-electron chi connectivity index (χ4n) is 1.74. The number of para-hydroxylation sites is 1. The number of nitrogens with one attached hydrogen (secondary N) is 2. The SMILES string of the molecule is Cc1ccccc1NC(=O)CNCCn1ccnc1. The molecule has 0 saturated carbocycles. The largest absolute Gasteiger partial charge is 0.336 e. The number of carbonyl (C=O) groups excluding carboxylic acids is 1. The van der Waals surface area contributed by atoms with Crippen LogP contribution >= 0.6 is 0 Å². The summed E-state index contributed by atoms with van der Waals surface area (Å²) in [5.74, 6) is -0.0278. The molecule has 2 N–H and O–H groups in total. The maximum Gasteiger partial charge on any atom is 0.238 e. The molecule has 5 heteroatoms. The zero-order chi connectivity index (χ0) is 13.5. The molecule has 0 aliphatic heterocycles. The van der Waals surface area contributed by atoms with Crippen LogP contribution in [-0.2, 0) is 11.3 Å². The fraction of sp³-hybridized carbons (Fsp3) is 0.286. The maximum absolute atomic E-state index is 11.7. The Labute approximate surface area is 112 Å². The standard InChI is InChI=1S/C14H18N4O/c1-12-4-2-3-5-13(12)17-14(19)10-15-6-8-18-9-7-16-11-18/h2-5,7,9,11,15H,6,8,10H2,1H3,(H,17,19). The normalized spacial score (nSPS) is 10.4. The van der Waals surface area contributed by atoms with Crippen LogP contribution < -0.4 is 10.6 Å². The molecule has 0 bridgehead atoms. The summed E-state index contributed by atoms with van der Waals surface area (Å²) in [7, 11) is 0. The van der Waals surface area contributed by atoms with Gasteiger partial charge in [0.15, 0.2) is 0 Å². The van der Waals surface area contributed by atoms with Gasteiger partial charge < -0.3 is 15.2 Å². The average Bonchev–Trinajstić information content (AvgIpc) is 2.91. The van der Waals surface area contributed by atoms with Gasteiger partial charge in [-0.05, 0) is 18.6 Å². The lowest BCUT2D eigenvalue weighted by Gasteiger charge is -2.09. The summed E-state index contributed by atoms with van der Waals surface area (Å²) in [4.78, 5) is 15.7. The lowest BCUT2D eigenvalue weighted by molar-refractivity contribution is -0.115. The average molecular weight is 258 g/mol. The van der Waals surface area contributed by atoms with E-state index < -0.39 is 0 Å². The molecule has 2 aromatic rings. The molecule has 0 fully saturated rings. The lowest BCUT2D eigenvalue weighted by Crippen LogP contribution is -2.30. The third kappa shape index (κ3) is 4.22. The molecule has 0 aliphatic rings. The number of benzene rings is 1. The molecule has 1 aromatic carbocycles. The number of hydrogen-bond acceptors (Lipinski definition) is 3. The molecular weight excluding hydrogens is 240 g/mol. The first-order valence-electron chi connectivity index (χ1n) is 6.27. The second-order valence-electron chi connectivity index (χ2n) is 4.34. The second kappa shape index (κ2) is 6.70. The Bertz CT molecular complexity index is 522. The van der Waals surface area contributed by atoms with Gasteiger partial charge in [-0.3, -0.25) is 4.79 Å². The van der Waals surface area contributed by atoms with Crippen molar-refractivity contribution in [2.45, 2.75) is 13.5 Å². The third-order valence-electron chi connectivity index (χ3n) is 2.81. The highest BCUT2D eigenvalue weighted by Gasteiger charge is 2.03. The number of amides is 1. The molecule has 0 atom stereocenters. The Morgan fingerprint density at radius 3 is 2.95 bits per heavy atom. The minimum Gasteiger partial charge on any atom is -0.336 e. The van der Waals surface area contributed by atoms with Crippen LogP contribution in [0.2, 0.25) is 0 Å². The number of hydrogen-bond donors (Lipinski definition) is 2. The first kappa shape index (κ1) is 13.3. The van der Waals surface area contributed by atoms with Gasteiger partial charge in [-0.15, -0.1) is 0 Å². The van der Waals surface area contributed by atoms with Crippen molar-refractivity contribution in [2.24, 2.45) is 0 Å². The van der Waals surface area contributed by atoms with E-state index in [2.05, 4.69) is 15.6 Å². The summed E-state index contributed by atoms with van der Waals surface area (Å²) in [6.07, 6.45) is 5.40. The van der Waals surface area contributed by atoms with Crippen LogP contribution in [0.25, 0.3) is 0 Å². The van der Waals surface area contributed by atoms with Crippen molar-refractivity contribution >= 4 is 11.6 Å². The van der Waals surface area contributed by atoms with Gasteiger partial charge in [0.25, 0.3) is 0 Å². The smallest absolute Gasteiger partial charge is 0.238 e. The van der Waals surface area contributed by atoms with Gasteiger partial charge in [-0.25, -0.2) is 4.98 Å². The molecular formula is C14H18N4O. The summed E-state index contributed by atoms with van der Waals surface area (Å²) in [5.41, 5.74) is 1.93. The highest BCUT2D eigenvalue weighted by Crippen LogP contribution is 2.12. The number of aryl methyl sites for hydroxylation is 1. The van der Waals surface area contributed by atoms with Crippen LogP contribution in [-0.4, -0.2) is 28.5 Å². The zero-order valence-corrected chi connectivity index (χ0v) is 11.0. The van der Waals surface area contributed by atoms with Gasteiger partial charge in [0, 0.05) is 31.2 Å². The van der Waals surface area contributed by atoms with Crippen LogP contribution in [0.3, 0.4) is 0 Å². The molecule has 19 heavy (non-hydrogen) atoms. The van der Waals surface area contributed by atoms with Gasteiger partial charge in [0.1, 0.15) is 0 Å². The van der Waals surface area contributed by atoms with Crippen molar-refractivity contribution in [3.05, 3.63) is 48.5 Å². The Hall–Kier alpha value is -2.14. The number of imidazole rings is 1. The highest BCUT2D eigenvalue weighted by molar-refractivity contribution is 5.92. The minimum atomic E-state index is -0.0278. The van der Waals surface area contributed by atoms with E-state index in [4.69, 9.17) is 0 Å². The molecule has 0 aliphatic carbocycles. The van der Waals surface area contributed by atoms with Gasteiger partial charge in [-0.2, -0.15) is 0 Å². The molecule has 1 heterocycles. The Kier molecular flexibility index (Phi) is 4.69. The van der Waals surface area contributed by atoms with E-state index in [0.717, 1.165) is 24.3 Å². The number of carbonyl (C=O) groups is 1. The van der Waals surface area contributed by atoms with E-state index in [1.807, 2.05) is 42.0 Å². The van der Waals surface area contributed by atoms with Gasteiger partial charge in [0.2, 0.25) is 5.91 Å². The minimum absolute atomic E-state index is 0.0278. The van der Waals surface area contributed by atoms with E-state index in [0.29, 0.717) is 6.54 Å². The zero-order valence-electron chi connectivity index (χ0n) is 11.0. The molecule has 5 nitrogen and oxygen atoms in total. The number of nitrogens with zero attached hydrogens (tertiary/aromatic N) is 2. The van der Waals surface area contributed by atoms with Crippen molar-refractivity contribution in [3.8, 4) is 0 Å². The number of aromatic nitrogens is 2. The first-order chi connectivity index (χ1) is 9.25. The van der Waals surface area contributed by atoms with E-state index in [1.54, 1.807) is 12.5 Å². The van der Waals surface area contributed by atoms with Crippen molar-refractivity contribution in [1.82, 2.24) is 14.9 Å². The number of rotatable bonds is 6. The van der Waals surface area contributed by atoms with Crippen LogP contribution in [0.4, 0.5) is 5.69 Å². The summed E-state index contributed by atoms with van der Waals surface area (Å²) < 4.78 is 1.96. The van der Waals surface area contributed by atoms with Crippen molar-refractivity contribution < 1.29 is 4.79 Å². The van der Waals surface area contributed by atoms with Crippen molar-refractivity contribution in [2.75, 3.05) is 18.4 Å². The fourth-order valence-corrected chi connectivity index (χ4v) is 1.74. The first-order valence-corrected chi connectivity index (χ1v) is 6.27. The van der Waals surface area contributed by atoms with Crippen molar-refractivity contribution in [1.29, 1.82) is 0 Å². The summed E-state index contributed by atoms with van der Waals surface area (Å²) in [5, 5.41) is 5.99. The van der Waals surface area contributed by atoms with Crippen LogP contribution in [0.1, 0.15) is 5.56 Å². The van der Waals surface area contributed by atoms with Crippen LogP contribution in [0.15, 0.2) is 43.0 Å². The van der Waals surface area contributed by atoms with E-state index >= 15 is 0 Å². The Morgan fingerprint density at radius 2 is 2.21 bits per heavy atom. The van der Waals surface area contributed by atoms with Gasteiger partial charge >= 0.3 is 0 Å². The predicted molar refractivity (Wildman–Crippen MR) is 74.9 cm³/mol. The highest BCUT2D eigenvalue weighted by atomic mass is 16.1. The molecule has 0 saturated heterocycles. The molecule has 0 spiro atoms. The third-order valence-corrected chi connectivity index (χ3v) is 2.81. The topological polar surface area (TPSA) is 59.0 Å². The lowest BCUT2D eigenvalue weighted by atomic mass is 10.2. The van der Waals surface area contributed by atoms with Gasteiger partial charge in [0.05, 0.1) is 12.9 Å². The van der Waals surface area contributed by atoms with Crippen LogP contribution in [0.5, 0.6) is 0 Å². The maximum atomic E-state index is 11.7. The number of anilines is 1. The molecule has 0 unspecified atom stereocenters. The summed E-state index contributed by atoms with van der Waals surface area (Å²) in [6.45, 7) is 3.82. The molecule has 1 amide bonds. The van der Waals surface area contributed by atoms with Gasteiger partial charge in [-0.1, -0.05) is 18.2 Å². The van der Waals surface area contributed by atoms with E-state index in [9.17, 15) is 4.79 Å². The molecule has 2 rings (SSSR count). The predicted octanol–water partition coefficient (Wildman–Crippen LogP) is 1.42.